The SMILES string of the molecule is CCCCOC[C@@H]1C[C@@H](CC)C(O)(c2ccc3c(N)ncnn23)O1. The van der Waals surface area contributed by atoms with E-state index in [9.17, 15) is 5.11 Å². The Bertz CT molecular complexity index is 690. The molecule has 132 valence electrons. The Labute approximate surface area is 141 Å². The number of ether oxygens (including phenoxy) is 2. The predicted octanol–water partition coefficient (Wildman–Crippen LogP) is 2.09. The number of aromatic nitrogens is 3. The summed E-state index contributed by atoms with van der Waals surface area (Å²) in [6, 6.07) is 3.62. The smallest absolute Gasteiger partial charge is 0.213 e. The van der Waals surface area contributed by atoms with Crippen molar-refractivity contribution in [2.75, 3.05) is 18.9 Å². The minimum Gasteiger partial charge on any atom is -0.382 e. The highest BCUT2D eigenvalue weighted by atomic mass is 16.6. The summed E-state index contributed by atoms with van der Waals surface area (Å²) in [5.41, 5.74) is 7.15. The van der Waals surface area contributed by atoms with E-state index in [1.807, 2.05) is 12.1 Å². The largest absolute Gasteiger partial charge is 0.382 e. The Morgan fingerprint density at radius 2 is 2.29 bits per heavy atom. The molecule has 7 heteroatoms. The molecule has 3 heterocycles. The molecule has 0 spiro atoms. The van der Waals surface area contributed by atoms with Crippen molar-refractivity contribution in [3.63, 3.8) is 0 Å². The first-order valence-corrected chi connectivity index (χ1v) is 8.66. The summed E-state index contributed by atoms with van der Waals surface area (Å²) in [4.78, 5) is 3.99. The van der Waals surface area contributed by atoms with Gasteiger partial charge in [0.05, 0.1) is 12.7 Å². The molecule has 7 nitrogen and oxygen atoms in total. The van der Waals surface area contributed by atoms with Crippen LogP contribution in [-0.4, -0.2) is 39.0 Å². The molecule has 3 N–H and O–H groups in total. The van der Waals surface area contributed by atoms with Gasteiger partial charge in [-0.25, -0.2) is 9.50 Å². The van der Waals surface area contributed by atoms with Gasteiger partial charge in [-0.3, -0.25) is 0 Å². The van der Waals surface area contributed by atoms with Crippen LogP contribution in [0.5, 0.6) is 0 Å². The van der Waals surface area contributed by atoms with Crippen molar-refractivity contribution < 1.29 is 14.6 Å². The number of aliphatic hydroxyl groups is 1. The van der Waals surface area contributed by atoms with E-state index in [0.717, 1.165) is 32.3 Å². The van der Waals surface area contributed by atoms with E-state index in [2.05, 4.69) is 23.9 Å². The maximum absolute atomic E-state index is 11.3. The molecule has 2 aromatic rings. The van der Waals surface area contributed by atoms with Crippen molar-refractivity contribution >= 4 is 11.3 Å². The molecule has 1 unspecified atom stereocenters. The van der Waals surface area contributed by atoms with Gasteiger partial charge >= 0.3 is 0 Å². The van der Waals surface area contributed by atoms with Crippen molar-refractivity contribution in [1.29, 1.82) is 0 Å². The van der Waals surface area contributed by atoms with Crippen LogP contribution in [0.1, 0.15) is 45.2 Å². The molecule has 0 aromatic carbocycles. The number of unbranched alkanes of at least 4 members (excludes halogenated alkanes) is 1. The van der Waals surface area contributed by atoms with Crippen LogP contribution in [0.2, 0.25) is 0 Å². The first kappa shape index (κ1) is 17.1. The second-order valence-electron chi connectivity index (χ2n) is 6.37. The van der Waals surface area contributed by atoms with E-state index in [1.165, 1.54) is 6.33 Å². The summed E-state index contributed by atoms with van der Waals surface area (Å²) in [5.74, 6) is -1.03. The first-order valence-electron chi connectivity index (χ1n) is 8.66. The number of nitrogens with zero attached hydrogens (tertiary/aromatic N) is 3. The molecule has 3 rings (SSSR count). The van der Waals surface area contributed by atoms with E-state index < -0.39 is 5.79 Å². The molecule has 0 saturated carbocycles. The van der Waals surface area contributed by atoms with Gasteiger partial charge in [0.15, 0.2) is 5.82 Å². The normalized spacial score (nSPS) is 27.1. The van der Waals surface area contributed by atoms with Gasteiger partial charge in [0.2, 0.25) is 5.79 Å². The third-order valence-corrected chi connectivity index (χ3v) is 4.73. The van der Waals surface area contributed by atoms with Gasteiger partial charge in [0.1, 0.15) is 17.5 Å². The van der Waals surface area contributed by atoms with Crippen LogP contribution in [-0.2, 0) is 15.3 Å². The number of fused-ring (bicyclic) bond motifs is 1. The third kappa shape index (κ3) is 2.99. The van der Waals surface area contributed by atoms with Gasteiger partial charge < -0.3 is 20.3 Å². The number of hydrogen-bond donors (Lipinski definition) is 2. The minimum absolute atomic E-state index is 0.0217. The molecule has 1 fully saturated rings. The molecule has 2 aromatic heterocycles. The lowest BCUT2D eigenvalue weighted by molar-refractivity contribution is -0.230. The lowest BCUT2D eigenvalue weighted by Crippen LogP contribution is -2.34. The Morgan fingerprint density at radius 3 is 3.04 bits per heavy atom. The number of hydrogen-bond acceptors (Lipinski definition) is 6. The van der Waals surface area contributed by atoms with Gasteiger partial charge in [0, 0.05) is 12.5 Å². The molecular weight excluding hydrogens is 308 g/mol. The molecule has 0 amide bonds. The molecule has 3 atom stereocenters. The zero-order valence-corrected chi connectivity index (χ0v) is 14.3. The lowest BCUT2D eigenvalue weighted by Gasteiger charge is -2.28. The first-order chi connectivity index (χ1) is 11.6. The highest BCUT2D eigenvalue weighted by molar-refractivity contribution is 5.65. The predicted molar refractivity (Wildman–Crippen MR) is 90.3 cm³/mol. The van der Waals surface area contributed by atoms with Crippen molar-refractivity contribution in [2.45, 2.75) is 51.4 Å². The molecule has 1 aliphatic rings. The molecule has 0 bridgehead atoms. The molecule has 0 aliphatic carbocycles. The van der Waals surface area contributed by atoms with E-state index in [0.29, 0.717) is 23.6 Å². The van der Waals surface area contributed by atoms with Crippen LogP contribution in [0.3, 0.4) is 0 Å². The monoisotopic (exact) mass is 334 g/mol. The van der Waals surface area contributed by atoms with Crippen LogP contribution >= 0.6 is 0 Å². The fraction of sp³-hybridized carbons (Fsp3) is 0.647. The van der Waals surface area contributed by atoms with Crippen LogP contribution in [0.15, 0.2) is 18.5 Å². The maximum Gasteiger partial charge on any atom is 0.213 e. The second kappa shape index (κ2) is 7.04. The molecule has 0 radical (unpaired) electrons. The zero-order chi connectivity index (χ0) is 17.2. The van der Waals surface area contributed by atoms with Crippen molar-refractivity contribution in [3.05, 3.63) is 24.2 Å². The summed E-state index contributed by atoms with van der Waals surface area (Å²) in [6.07, 6.45) is 4.96. The van der Waals surface area contributed by atoms with Crippen LogP contribution in [0.4, 0.5) is 5.82 Å². The highest BCUT2D eigenvalue weighted by Gasteiger charge is 2.49. The van der Waals surface area contributed by atoms with Gasteiger partial charge in [-0.2, -0.15) is 5.10 Å². The molecule has 24 heavy (non-hydrogen) atoms. The Hall–Kier alpha value is -1.70. The number of nitrogens with two attached hydrogens (primary N) is 1. The van der Waals surface area contributed by atoms with Crippen molar-refractivity contribution in [3.8, 4) is 0 Å². The Kier molecular flexibility index (Phi) is 5.03. The molecule has 1 aliphatic heterocycles. The van der Waals surface area contributed by atoms with Gasteiger partial charge in [0.25, 0.3) is 0 Å². The third-order valence-electron chi connectivity index (χ3n) is 4.73. The number of anilines is 1. The topological polar surface area (TPSA) is 94.9 Å². The highest BCUT2D eigenvalue weighted by Crippen LogP contribution is 2.44. The maximum atomic E-state index is 11.3. The van der Waals surface area contributed by atoms with E-state index >= 15 is 0 Å². The quantitative estimate of drug-likeness (QED) is 0.753. The second-order valence-corrected chi connectivity index (χ2v) is 6.37. The average Bonchev–Trinajstić information content (AvgIpc) is 3.14. The summed E-state index contributed by atoms with van der Waals surface area (Å²) in [5, 5.41) is 15.5. The molecular formula is C17H26N4O3. The minimum atomic E-state index is -1.39. The summed E-state index contributed by atoms with van der Waals surface area (Å²) < 4.78 is 13.3. The van der Waals surface area contributed by atoms with Crippen molar-refractivity contribution in [2.24, 2.45) is 5.92 Å². The summed E-state index contributed by atoms with van der Waals surface area (Å²) >= 11 is 0. The van der Waals surface area contributed by atoms with Gasteiger partial charge in [-0.05, 0) is 31.4 Å². The number of nitrogen functional groups attached to an aromatic ring is 1. The van der Waals surface area contributed by atoms with E-state index in [4.69, 9.17) is 15.2 Å². The van der Waals surface area contributed by atoms with Crippen LogP contribution in [0, 0.1) is 5.92 Å². The average molecular weight is 334 g/mol. The van der Waals surface area contributed by atoms with E-state index in [1.54, 1.807) is 4.52 Å². The fourth-order valence-corrected chi connectivity index (χ4v) is 3.38. The van der Waals surface area contributed by atoms with Crippen LogP contribution < -0.4 is 5.73 Å². The van der Waals surface area contributed by atoms with Crippen molar-refractivity contribution in [1.82, 2.24) is 14.6 Å². The number of rotatable bonds is 7. The summed E-state index contributed by atoms with van der Waals surface area (Å²) in [6.45, 7) is 5.41. The summed E-state index contributed by atoms with van der Waals surface area (Å²) in [7, 11) is 0. The van der Waals surface area contributed by atoms with E-state index in [-0.39, 0.29) is 12.0 Å². The van der Waals surface area contributed by atoms with Gasteiger partial charge in [-0.15, -0.1) is 0 Å². The van der Waals surface area contributed by atoms with Gasteiger partial charge in [-0.1, -0.05) is 20.3 Å². The Balaban J connectivity index is 1.83. The standard InChI is InChI=1S/C17H26N4O3/c1-3-5-8-23-10-13-9-12(4-2)17(22,24-13)15-7-6-14-16(18)19-11-20-21(14)15/h6-7,11-13,22H,3-5,8-10H2,1-2H3,(H2,18,19,20)/t12-,13+,17?/m1/s1. The lowest BCUT2D eigenvalue weighted by atomic mass is 9.91. The zero-order valence-electron chi connectivity index (χ0n) is 14.3. The van der Waals surface area contributed by atoms with Crippen LogP contribution in [0.25, 0.3) is 5.52 Å². The Morgan fingerprint density at radius 1 is 1.46 bits per heavy atom. The molecule has 1 saturated heterocycles. The fourth-order valence-electron chi connectivity index (χ4n) is 3.38.